The second-order valence-corrected chi connectivity index (χ2v) is 7.32. The van der Waals surface area contributed by atoms with E-state index in [1.54, 1.807) is 25.1 Å². The van der Waals surface area contributed by atoms with Gasteiger partial charge < -0.3 is 19.3 Å². The van der Waals surface area contributed by atoms with E-state index in [1.165, 1.54) is 11.3 Å². The molecule has 1 atom stereocenters. The van der Waals surface area contributed by atoms with Crippen LogP contribution in [0, 0.1) is 0 Å². The van der Waals surface area contributed by atoms with Gasteiger partial charge >= 0.3 is 6.03 Å². The summed E-state index contributed by atoms with van der Waals surface area (Å²) in [6, 6.07) is 6.49. The number of carbonyl (C=O) groups is 2. The number of rotatable bonds is 4. The molecule has 1 N–H and O–H groups in total. The molecule has 3 amide bonds. The van der Waals surface area contributed by atoms with E-state index in [2.05, 4.69) is 15.5 Å². The minimum absolute atomic E-state index is 0.109. The monoisotopic (exact) mass is 398 g/mol. The van der Waals surface area contributed by atoms with E-state index in [0.717, 1.165) is 10.5 Å². The van der Waals surface area contributed by atoms with Gasteiger partial charge in [-0.25, -0.2) is 4.79 Å². The molecule has 1 aromatic carbocycles. The van der Waals surface area contributed by atoms with Crippen LogP contribution in [0.1, 0.15) is 18.4 Å². The summed E-state index contributed by atoms with van der Waals surface area (Å²) in [4.78, 5) is 30.9. The minimum atomic E-state index is -1.23. The standard InChI is InChI=1S/C18H14N4O5S/c1-18(11-2-3-12-13(6-11)26-9-25-12)16(23)22(17(24)20-18)7-14-19-15(21-27-14)10-4-5-28-8-10/h2-6,8H,7,9H2,1H3,(H,20,24)/t18-/m0/s1. The first kappa shape index (κ1) is 16.8. The molecule has 0 unspecified atom stereocenters. The van der Waals surface area contributed by atoms with Gasteiger partial charge in [0.05, 0.1) is 0 Å². The van der Waals surface area contributed by atoms with Crippen molar-refractivity contribution in [2.24, 2.45) is 0 Å². The van der Waals surface area contributed by atoms with Gasteiger partial charge in [-0.1, -0.05) is 11.2 Å². The lowest BCUT2D eigenvalue weighted by Crippen LogP contribution is -2.40. The van der Waals surface area contributed by atoms with E-state index >= 15 is 0 Å². The second kappa shape index (κ2) is 6.06. The van der Waals surface area contributed by atoms with Crippen molar-refractivity contribution in [1.82, 2.24) is 20.4 Å². The fraction of sp³-hybridized carbons (Fsp3) is 0.222. The van der Waals surface area contributed by atoms with Gasteiger partial charge in [-0.15, -0.1) is 0 Å². The van der Waals surface area contributed by atoms with Crippen molar-refractivity contribution < 1.29 is 23.6 Å². The molecule has 0 spiro atoms. The first-order valence-electron chi connectivity index (χ1n) is 8.44. The van der Waals surface area contributed by atoms with E-state index in [0.29, 0.717) is 22.9 Å². The Bertz CT molecular complexity index is 1080. The lowest BCUT2D eigenvalue weighted by molar-refractivity contribution is -0.131. The Morgan fingerprint density at radius 2 is 2.11 bits per heavy atom. The van der Waals surface area contributed by atoms with Gasteiger partial charge in [0.2, 0.25) is 18.5 Å². The number of thiophene rings is 1. The number of nitrogens with zero attached hydrogens (tertiary/aromatic N) is 3. The Morgan fingerprint density at radius 1 is 1.25 bits per heavy atom. The van der Waals surface area contributed by atoms with E-state index < -0.39 is 17.5 Å². The summed E-state index contributed by atoms with van der Waals surface area (Å²) in [5.41, 5.74) is 0.193. The average molecular weight is 398 g/mol. The molecular weight excluding hydrogens is 384 g/mol. The van der Waals surface area contributed by atoms with E-state index in [-0.39, 0.29) is 19.2 Å². The third kappa shape index (κ3) is 2.53. The summed E-state index contributed by atoms with van der Waals surface area (Å²) >= 11 is 1.51. The number of hydrogen-bond acceptors (Lipinski definition) is 8. The highest BCUT2D eigenvalue weighted by Gasteiger charge is 2.49. The summed E-state index contributed by atoms with van der Waals surface area (Å²) in [5.74, 6) is 1.33. The zero-order chi connectivity index (χ0) is 19.3. The molecule has 5 rings (SSSR count). The van der Waals surface area contributed by atoms with Crippen molar-refractivity contribution in [1.29, 1.82) is 0 Å². The van der Waals surface area contributed by atoms with Crippen LogP contribution in [0.5, 0.6) is 11.5 Å². The molecule has 0 radical (unpaired) electrons. The van der Waals surface area contributed by atoms with Crippen LogP contribution in [0.25, 0.3) is 11.4 Å². The van der Waals surface area contributed by atoms with Crippen LogP contribution in [0.3, 0.4) is 0 Å². The van der Waals surface area contributed by atoms with Gasteiger partial charge in [0.25, 0.3) is 5.91 Å². The number of nitrogens with one attached hydrogen (secondary N) is 1. The van der Waals surface area contributed by atoms with Gasteiger partial charge in [0, 0.05) is 10.9 Å². The quantitative estimate of drug-likeness (QED) is 0.673. The lowest BCUT2D eigenvalue weighted by atomic mass is 9.91. The fourth-order valence-electron chi connectivity index (χ4n) is 3.21. The summed E-state index contributed by atoms with van der Waals surface area (Å²) in [6.07, 6.45) is 0. The van der Waals surface area contributed by atoms with Crippen LogP contribution in [0.4, 0.5) is 4.79 Å². The molecule has 1 saturated heterocycles. The molecule has 9 nitrogen and oxygen atoms in total. The molecule has 10 heteroatoms. The van der Waals surface area contributed by atoms with Crippen LogP contribution in [0.15, 0.2) is 39.5 Å². The van der Waals surface area contributed by atoms with Gasteiger partial charge in [-0.3, -0.25) is 9.69 Å². The first-order valence-corrected chi connectivity index (χ1v) is 9.38. The number of aromatic nitrogens is 2. The second-order valence-electron chi connectivity index (χ2n) is 6.54. The van der Waals surface area contributed by atoms with Crippen molar-refractivity contribution >= 4 is 23.3 Å². The van der Waals surface area contributed by atoms with Crippen molar-refractivity contribution in [2.45, 2.75) is 19.0 Å². The van der Waals surface area contributed by atoms with Crippen LogP contribution in [0.2, 0.25) is 0 Å². The van der Waals surface area contributed by atoms with E-state index in [1.807, 2.05) is 16.8 Å². The predicted molar refractivity (Wildman–Crippen MR) is 96.6 cm³/mol. The summed E-state index contributed by atoms with van der Waals surface area (Å²) in [5, 5.41) is 10.4. The first-order chi connectivity index (χ1) is 13.5. The molecule has 3 aromatic rings. The normalized spacial score (nSPS) is 20.7. The number of urea groups is 1. The molecule has 28 heavy (non-hydrogen) atoms. The highest BCUT2D eigenvalue weighted by atomic mass is 32.1. The number of ether oxygens (including phenoxy) is 2. The summed E-state index contributed by atoms with van der Waals surface area (Å²) < 4.78 is 15.9. The SMILES string of the molecule is C[C@@]1(c2ccc3c(c2)OCO3)NC(=O)N(Cc2nc(-c3ccsc3)no2)C1=O. The Balaban J connectivity index is 1.40. The van der Waals surface area contributed by atoms with Crippen molar-refractivity contribution in [3.63, 3.8) is 0 Å². The van der Waals surface area contributed by atoms with Gasteiger partial charge in [-0.2, -0.15) is 16.3 Å². The Kier molecular flexibility index (Phi) is 3.63. The number of amides is 3. The largest absolute Gasteiger partial charge is 0.454 e. The molecule has 0 aliphatic carbocycles. The Labute approximate surface area is 162 Å². The maximum absolute atomic E-state index is 13.1. The zero-order valence-electron chi connectivity index (χ0n) is 14.7. The van der Waals surface area contributed by atoms with Crippen molar-refractivity contribution in [3.8, 4) is 22.9 Å². The maximum atomic E-state index is 13.1. The minimum Gasteiger partial charge on any atom is -0.454 e. The molecule has 2 aromatic heterocycles. The van der Waals surface area contributed by atoms with E-state index in [9.17, 15) is 9.59 Å². The summed E-state index contributed by atoms with van der Waals surface area (Å²) in [7, 11) is 0. The molecule has 1 fully saturated rings. The molecule has 142 valence electrons. The number of benzene rings is 1. The molecule has 4 heterocycles. The number of imide groups is 1. The van der Waals surface area contributed by atoms with Gasteiger partial charge in [0.15, 0.2) is 11.5 Å². The zero-order valence-corrected chi connectivity index (χ0v) is 15.5. The number of carbonyl (C=O) groups excluding carboxylic acids is 2. The smallest absolute Gasteiger partial charge is 0.325 e. The van der Waals surface area contributed by atoms with Crippen LogP contribution < -0.4 is 14.8 Å². The lowest BCUT2D eigenvalue weighted by Gasteiger charge is -2.22. The fourth-order valence-corrected chi connectivity index (χ4v) is 3.84. The number of hydrogen-bond donors (Lipinski definition) is 1. The van der Waals surface area contributed by atoms with Crippen LogP contribution >= 0.6 is 11.3 Å². The Morgan fingerprint density at radius 3 is 2.93 bits per heavy atom. The average Bonchev–Trinajstić information content (AvgIpc) is 3.47. The molecule has 0 saturated carbocycles. The molecule has 2 aliphatic rings. The highest BCUT2D eigenvalue weighted by Crippen LogP contribution is 2.38. The van der Waals surface area contributed by atoms with Crippen molar-refractivity contribution in [2.75, 3.05) is 6.79 Å². The highest BCUT2D eigenvalue weighted by molar-refractivity contribution is 7.08. The topological polar surface area (TPSA) is 107 Å². The summed E-state index contributed by atoms with van der Waals surface area (Å²) in [6.45, 7) is 1.67. The van der Waals surface area contributed by atoms with Gasteiger partial charge in [-0.05, 0) is 36.1 Å². The maximum Gasteiger partial charge on any atom is 0.325 e. The molecular formula is C18H14N4O5S. The van der Waals surface area contributed by atoms with Gasteiger partial charge in [0.1, 0.15) is 12.1 Å². The van der Waals surface area contributed by atoms with Crippen LogP contribution in [-0.4, -0.2) is 33.8 Å². The third-order valence-electron chi connectivity index (χ3n) is 4.77. The predicted octanol–water partition coefficient (Wildman–Crippen LogP) is 2.49. The van der Waals surface area contributed by atoms with Crippen LogP contribution in [-0.2, 0) is 16.9 Å². The van der Waals surface area contributed by atoms with Crippen molar-refractivity contribution in [3.05, 3.63) is 46.5 Å². The van der Waals surface area contributed by atoms with E-state index in [4.69, 9.17) is 14.0 Å². The Hall–Kier alpha value is -3.40. The number of fused-ring (bicyclic) bond motifs is 1. The third-order valence-corrected chi connectivity index (χ3v) is 5.45. The molecule has 2 aliphatic heterocycles. The molecule has 0 bridgehead atoms.